The van der Waals surface area contributed by atoms with Crippen LogP contribution in [0, 0.1) is 10.1 Å². The number of nitrogens with two attached hydrogens (primary N) is 1. The number of likely N-dealkylation sites (N-methyl/N-ethyl adjacent to an activating group) is 1. The monoisotopic (exact) mass is 413 g/mol. The van der Waals surface area contributed by atoms with E-state index in [0.717, 1.165) is 0 Å². The lowest BCUT2D eigenvalue weighted by molar-refractivity contribution is -0.385. The first-order valence-electron chi connectivity index (χ1n) is 7.73. The van der Waals surface area contributed by atoms with Gasteiger partial charge >= 0.3 is 0 Å². The van der Waals surface area contributed by atoms with Gasteiger partial charge in [-0.05, 0) is 30.3 Å². The van der Waals surface area contributed by atoms with Gasteiger partial charge in [0.05, 0.1) is 4.92 Å². The molecule has 144 valence electrons. The fourth-order valence-electron chi connectivity index (χ4n) is 2.40. The predicted molar refractivity (Wildman–Crippen MR) is 103 cm³/mol. The molecule has 2 aromatic rings. The maximum absolute atomic E-state index is 11.4. The molecule has 0 saturated carbocycles. The highest BCUT2D eigenvalue weighted by atomic mass is 35.5. The molecule has 8 nitrogen and oxygen atoms in total. The Bertz CT molecular complexity index is 842. The maximum Gasteiger partial charge on any atom is 0.282 e. The molecule has 0 aliphatic heterocycles. The molecule has 1 atom stereocenters. The van der Waals surface area contributed by atoms with Crippen molar-refractivity contribution in [3.63, 3.8) is 0 Å². The fourth-order valence-corrected chi connectivity index (χ4v) is 2.90. The van der Waals surface area contributed by atoms with E-state index in [9.17, 15) is 20.0 Å². The van der Waals surface area contributed by atoms with E-state index >= 15 is 0 Å². The molecule has 2 aromatic carbocycles. The Morgan fingerprint density at radius 1 is 1.30 bits per heavy atom. The van der Waals surface area contributed by atoms with Crippen molar-refractivity contribution in [3.05, 3.63) is 62.1 Å². The Hall–Kier alpha value is -2.55. The molecular weight excluding hydrogens is 397 g/mol. The number of nitro benzene ring substituents is 1. The predicted octanol–water partition coefficient (Wildman–Crippen LogP) is 2.88. The first-order chi connectivity index (χ1) is 12.7. The van der Waals surface area contributed by atoms with Crippen molar-refractivity contribution in [2.45, 2.75) is 6.10 Å². The second-order valence-corrected chi connectivity index (χ2v) is 6.65. The van der Waals surface area contributed by atoms with E-state index < -0.39 is 16.9 Å². The van der Waals surface area contributed by atoms with Gasteiger partial charge in [0.2, 0.25) is 0 Å². The summed E-state index contributed by atoms with van der Waals surface area (Å²) in [5.41, 5.74) is 5.11. The molecule has 1 amide bonds. The quantitative estimate of drug-likeness (QED) is 0.507. The SMILES string of the molecule is CN(CC(O)COc1cc(Cl)cc(Cl)c1)c1ccc([N+](=O)[O-])c(C(N)=O)c1. The van der Waals surface area contributed by atoms with Crippen molar-refractivity contribution in [2.24, 2.45) is 5.73 Å². The van der Waals surface area contributed by atoms with Gasteiger partial charge in [0.15, 0.2) is 0 Å². The smallest absolute Gasteiger partial charge is 0.282 e. The Labute approximate surface area is 165 Å². The summed E-state index contributed by atoms with van der Waals surface area (Å²) in [5.74, 6) is -0.487. The summed E-state index contributed by atoms with van der Waals surface area (Å²) in [4.78, 5) is 23.3. The third kappa shape index (κ3) is 5.72. The number of anilines is 1. The average molecular weight is 414 g/mol. The van der Waals surface area contributed by atoms with Gasteiger partial charge in [0.25, 0.3) is 11.6 Å². The molecule has 27 heavy (non-hydrogen) atoms. The number of carbonyl (C=O) groups excluding carboxylic acids is 1. The van der Waals surface area contributed by atoms with Crippen molar-refractivity contribution in [2.75, 3.05) is 25.1 Å². The lowest BCUT2D eigenvalue weighted by atomic mass is 10.1. The molecule has 0 bridgehead atoms. The summed E-state index contributed by atoms with van der Waals surface area (Å²) in [5, 5.41) is 22.0. The molecule has 1 unspecified atom stereocenters. The third-order valence-corrected chi connectivity index (χ3v) is 4.08. The van der Waals surface area contributed by atoms with Gasteiger partial charge < -0.3 is 20.5 Å². The number of primary amides is 1. The van der Waals surface area contributed by atoms with Gasteiger partial charge in [-0.2, -0.15) is 0 Å². The number of hydrogen-bond donors (Lipinski definition) is 2. The number of aliphatic hydroxyl groups excluding tert-OH is 1. The number of nitrogens with zero attached hydrogens (tertiary/aromatic N) is 2. The van der Waals surface area contributed by atoms with Crippen LogP contribution >= 0.6 is 23.2 Å². The van der Waals surface area contributed by atoms with E-state index in [1.807, 2.05) is 0 Å². The van der Waals surface area contributed by atoms with Crippen molar-refractivity contribution in [3.8, 4) is 5.75 Å². The lowest BCUT2D eigenvalue weighted by Crippen LogP contribution is -2.33. The molecule has 0 radical (unpaired) electrons. The van der Waals surface area contributed by atoms with Crippen molar-refractivity contribution < 1.29 is 19.6 Å². The number of hydrogen-bond acceptors (Lipinski definition) is 6. The number of nitro groups is 1. The van der Waals surface area contributed by atoms with Crippen molar-refractivity contribution in [1.29, 1.82) is 0 Å². The Balaban J connectivity index is 2.03. The summed E-state index contributed by atoms with van der Waals surface area (Å²) in [6.07, 6.45) is -0.889. The lowest BCUT2D eigenvalue weighted by Gasteiger charge is -2.23. The minimum Gasteiger partial charge on any atom is -0.491 e. The van der Waals surface area contributed by atoms with Crippen LogP contribution in [0.3, 0.4) is 0 Å². The van der Waals surface area contributed by atoms with Crippen LogP contribution in [0.1, 0.15) is 10.4 Å². The Morgan fingerprint density at radius 2 is 1.93 bits per heavy atom. The van der Waals surface area contributed by atoms with Crippen LogP contribution in [-0.4, -0.2) is 42.2 Å². The molecule has 0 aliphatic carbocycles. The molecule has 3 N–H and O–H groups in total. The van der Waals surface area contributed by atoms with Gasteiger partial charge in [-0.15, -0.1) is 0 Å². The number of benzene rings is 2. The summed E-state index contributed by atoms with van der Waals surface area (Å²) < 4.78 is 5.47. The standard InChI is InChI=1S/C17H17Cl2N3O5/c1-21(12-2-3-16(22(25)26)15(7-12)17(20)24)8-13(23)9-27-14-5-10(18)4-11(19)6-14/h2-7,13,23H,8-9H2,1H3,(H2,20,24). The Morgan fingerprint density at radius 3 is 2.48 bits per heavy atom. The highest BCUT2D eigenvalue weighted by molar-refractivity contribution is 6.34. The van der Waals surface area contributed by atoms with E-state index in [1.165, 1.54) is 18.2 Å². The van der Waals surface area contributed by atoms with Crippen molar-refractivity contribution in [1.82, 2.24) is 0 Å². The summed E-state index contributed by atoms with van der Waals surface area (Å²) >= 11 is 11.8. The average Bonchev–Trinajstić information content (AvgIpc) is 2.58. The van der Waals surface area contributed by atoms with Crippen LogP contribution in [0.15, 0.2) is 36.4 Å². The summed E-state index contributed by atoms with van der Waals surface area (Å²) in [6.45, 7) is 0.112. The minimum absolute atomic E-state index is 0.0311. The van der Waals surface area contributed by atoms with Gasteiger partial charge in [-0.25, -0.2) is 0 Å². The highest BCUT2D eigenvalue weighted by Crippen LogP contribution is 2.25. The number of amides is 1. The minimum atomic E-state index is -0.904. The topological polar surface area (TPSA) is 119 Å². The zero-order valence-corrected chi connectivity index (χ0v) is 15.8. The molecule has 0 aliphatic rings. The van der Waals surface area contributed by atoms with E-state index in [0.29, 0.717) is 21.5 Å². The van der Waals surface area contributed by atoms with Crippen molar-refractivity contribution >= 4 is 40.5 Å². The molecule has 0 fully saturated rings. The number of carbonyl (C=O) groups is 1. The zero-order chi connectivity index (χ0) is 20.1. The number of halogens is 2. The fraction of sp³-hybridized carbons (Fsp3) is 0.235. The van der Waals surface area contributed by atoms with E-state index in [4.69, 9.17) is 33.7 Å². The largest absolute Gasteiger partial charge is 0.491 e. The highest BCUT2D eigenvalue weighted by Gasteiger charge is 2.20. The maximum atomic E-state index is 11.4. The number of aliphatic hydroxyl groups is 1. The molecule has 0 spiro atoms. The second-order valence-electron chi connectivity index (χ2n) is 5.77. The molecular formula is C17H17Cl2N3O5. The van der Waals surface area contributed by atoms with Crippen LogP contribution in [0.5, 0.6) is 5.75 Å². The summed E-state index contributed by atoms with van der Waals surface area (Å²) in [6, 6.07) is 8.67. The molecule has 0 aromatic heterocycles. The molecule has 0 saturated heterocycles. The van der Waals surface area contributed by atoms with E-state index in [2.05, 4.69) is 0 Å². The number of rotatable bonds is 8. The first-order valence-corrected chi connectivity index (χ1v) is 8.49. The van der Waals surface area contributed by atoms with Gasteiger partial charge in [0.1, 0.15) is 24.0 Å². The molecule has 2 rings (SSSR count). The zero-order valence-electron chi connectivity index (χ0n) is 14.3. The van der Waals surface area contributed by atoms with E-state index in [-0.39, 0.29) is 24.4 Å². The Kier molecular flexibility index (Phi) is 6.84. The number of ether oxygens (including phenoxy) is 1. The van der Waals surface area contributed by atoms with Crippen LogP contribution in [-0.2, 0) is 0 Å². The van der Waals surface area contributed by atoms with Crippen LogP contribution in [0.2, 0.25) is 10.0 Å². The van der Waals surface area contributed by atoms with Gasteiger partial charge in [0, 0.05) is 35.4 Å². The van der Waals surface area contributed by atoms with Crippen LogP contribution < -0.4 is 15.4 Å². The molecule has 10 heteroatoms. The van der Waals surface area contributed by atoms with Gasteiger partial charge in [-0.3, -0.25) is 14.9 Å². The van der Waals surface area contributed by atoms with Crippen LogP contribution in [0.4, 0.5) is 11.4 Å². The first kappa shape index (κ1) is 20.8. The van der Waals surface area contributed by atoms with E-state index in [1.54, 1.807) is 30.1 Å². The summed E-state index contributed by atoms with van der Waals surface area (Å²) in [7, 11) is 1.66. The van der Waals surface area contributed by atoms with Gasteiger partial charge in [-0.1, -0.05) is 23.2 Å². The van der Waals surface area contributed by atoms with Crippen LogP contribution in [0.25, 0.3) is 0 Å². The third-order valence-electron chi connectivity index (χ3n) is 3.65. The molecule has 0 heterocycles. The normalized spacial score (nSPS) is 11.7. The second kappa shape index (κ2) is 8.90.